The maximum Gasteiger partial charge on any atom is 0.175 e. The molecule has 6 heteroatoms. The van der Waals surface area contributed by atoms with Crippen molar-refractivity contribution in [2.75, 3.05) is 14.2 Å². The van der Waals surface area contributed by atoms with Crippen LogP contribution in [0.5, 0.6) is 11.5 Å². The Hall–Kier alpha value is -1.66. The summed E-state index contributed by atoms with van der Waals surface area (Å²) in [4.78, 5) is 4.69. The molecule has 0 saturated carbocycles. The number of aryl methyl sites for hydroxylation is 1. The SMILES string of the molecule is COc1ccc(CSc2nc3ccccc3n2C)c(Br)c1OC. The Labute approximate surface area is 147 Å². The number of hydrogen-bond acceptors (Lipinski definition) is 4. The van der Waals surface area contributed by atoms with E-state index in [0.717, 1.165) is 43.5 Å². The Morgan fingerprint density at radius 3 is 2.61 bits per heavy atom. The molecule has 3 rings (SSSR count). The van der Waals surface area contributed by atoms with Crippen molar-refractivity contribution in [3.05, 3.63) is 46.4 Å². The zero-order valence-electron chi connectivity index (χ0n) is 13.2. The molecule has 3 aromatic rings. The van der Waals surface area contributed by atoms with E-state index in [4.69, 9.17) is 9.47 Å². The van der Waals surface area contributed by atoms with E-state index in [0.29, 0.717) is 0 Å². The van der Waals surface area contributed by atoms with Crippen LogP contribution in [0.1, 0.15) is 5.56 Å². The van der Waals surface area contributed by atoms with Gasteiger partial charge in [-0.2, -0.15) is 0 Å². The minimum absolute atomic E-state index is 0.718. The third-order valence-electron chi connectivity index (χ3n) is 3.67. The first-order valence-electron chi connectivity index (χ1n) is 7.09. The zero-order valence-corrected chi connectivity index (χ0v) is 15.6. The van der Waals surface area contributed by atoms with Gasteiger partial charge in [0.2, 0.25) is 0 Å². The average Bonchev–Trinajstić information content (AvgIpc) is 2.90. The van der Waals surface area contributed by atoms with Gasteiger partial charge in [-0.25, -0.2) is 4.98 Å². The minimum Gasteiger partial charge on any atom is -0.493 e. The highest BCUT2D eigenvalue weighted by molar-refractivity contribution is 9.10. The normalized spacial score (nSPS) is 11.0. The summed E-state index contributed by atoms with van der Waals surface area (Å²) < 4.78 is 13.8. The molecular formula is C17H17BrN2O2S. The van der Waals surface area contributed by atoms with Crippen LogP contribution < -0.4 is 9.47 Å². The lowest BCUT2D eigenvalue weighted by Gasteiger charge is -2.12. The van der Waals surface area contributed by atoms with Crippen molar-refractivity contribution in [1.29, 1.82) is 0 Å². The number of methoxy groups -OCH3 is 2. The van der Waals surface area contributed by atoms with Gasteiger partial charge in [-0.1, -0.05) is 30.0 Å². The van der Waals surface area contributed by atoms with Gasteiger partial charge in [0, 0.05) is 12.8 Å². The number of ether oxygens (including phenoxy) is 2. The number of aromatic nitrogens is 2. The molecule has 23 heavy (non-hydrogen) atoms. The van der Waals surface area contributed by atoms with Gasteiger partial charge in [0.1, 0.15) is 0 Å². The van der Waals surface area contributed by atoms with E-state index in [2.05, 4.69) is 31.5 Å². The van der Waals surface area contributed by atoms with E-state index in [1.54, 1.807) is 26.0 Å². The van der Waals surface area contributed by atoms with E-state index in [-0.39, 0.29) is 0 Å². The van der Waals surface area contributed by atoms with Gasteiger partial charge in [0.05, 0.1) is 29.7 Å². The van der Waals surface area contributed by atoms with E-state index < -0.39 is 0 Å². The third-order valence-corrected chi connectivity index (χ3v) is 5.62. The van der Waals surface area contributed by atoms with Crippen LogP contribution in [0.3, 0.4) is 0 Å². The fourth-order valence-electron chi connectivity index (χ4n) is 2.44. The summed E-state index contributed by atoms with van der Waals surface area (Å²) in [6.45, 7) is 0. The predicted octanol–water partition coefficient (Wildman–Crippen LogP) is 4.65. The van der Waals surface area contributed by atoms with Gasteiger partial charge in [0.25, 0.3) is 0 Å². The summed E-state index contributed by atoms with van der Waals surface area (Å²) in [6.07, 6.45) is 0. The summed E-state index contributed by atoms with van der Waals surface area (Å²) >= 11 is 5.31. The van der Waals surface area contributed by atoms with Crippen LogP contribution in [-0.2, 0) is 12.8 Å². The molecule has 0 aliphatic rings. The van der Waals surface area contributed by atoms with Crippen LogP contribution >= 0.6 is 27.7 Å². The van der Waals surface area contributed by atoms with Crippen LogP contribution in [-0.4, -0.2) is 23.8 Å². The average molecular weight is 393 g/mol. The summed E-state index contributed by atoms with van der Waals surface area (Å²) in [7, 11) is 5.32. The highest BCUT2D eigenvalue weighted by Gasteiger charge is 2.14. The van der Waals surface area contributed by atoms with Gasteiger partial charge in [-0.3, -0.25) is 0 Å². The monoisotopic (exact) mass is 392 g/mol. The maximum atomic E-state index is 5.43. The largest absolute Gasteiger partial charge is 0.493 e. The van der Waals surface area contributed by atoms with E-state index in [1.165, 1.54) is 0 Å². The lowest BCUT2D eigenvalue weighted by atomic mass is 10.2. The number of halogens is 1. The Kier molecular flexibility index (Phi) is 4.82. The molecule has 0 atom stereocenters. The van der Waals surface area contributed by atoms with Crippen LogP contribution in [0.2, 0.25) is 0 Å². The molecule has 0 spiro atoms. The number of para-hydroxylation sites is 2. The summed E-state index contributed by atoms with van der Waals surface area (Å²) in [5.41, 5.74) is 3.30. The zero-order chi connectivity index (χ0) is 16.4. The molecule has 0 aliphatic carbocycles. The molecule has 120 valence electrons. The summed E-state index contributed by atoms with van der Waals surface area (Å²) in [5, 5.41) is 0.993. The van der Waals surface area contributed by atoms with E-state index >= 15 is 0 Å². The first-order valence-corrected chi connectivity index (χ1v) is 8.87. The second-order valence-corrected chi connectivity index (χ2v) is 6.74. The summed E-state index contributed by atoms with van der Waals surface area (Å²) in [6, 6.07) is 12.1. The van der Waals surface area contributed by atoms with Crippen molar-refractivity contribution in [1.82, 2.24) is 9.55 Å². The van der Waals surface area contributed by atoms with Crippen molar-refractivity contribution in [3.8, 4) is 11.5 Å². The van der Waals surface area contributed by atoms with Gasteiger partial charge < -0.3 is 14.0 Å². The molecule has 0 saturated heterocycles. The molecule has 0 aliphatic heterocycles. The second-order valence-electron chi connectivity index (χ2n) is 5.00. The lowest BCUT2D eigenvalue weighted by molar-refractivity contribution is 0.353. The van der Waals surface area contributed by atoms with E-state index in [1.807, 2.05) is 37.4 Å². The van der Waals surface area contributed by atoms with Crippen LogP contribution in [0.4, 0.5) is 0 Å². The fraction of sp³-hybridized carbons (Fsp3) is 0.235. The quantitative estimate of drug-likeness (QED) is 0.592. The first-order chi connectivity index (χ1) is 11.2. The number of nitrogens with zero attached hydrogens (tertiary/aromatic N) is 2. The van der Waals surface area contributed by atoms with Gasteiger partial charge in [0.15, 0.2) is 16.7 Å². The summed E-state index contributed by atoms with van der Waals surface area (Å²) in [5.74, 6) is 2.23. The van der Waals surface area contributed by atoms with Gasteiger partial charge >= 0.3 is 0 Å². The molecule has 0 bridgehead atoms. The first kappa shape index (κ1) is 16.2. The number of fused-ring (bicyclic) bond motifs is 1. The van der Waals surface area contributed by atoms with Crippen LogP contribution in [0, 0.1) is 0 Å². The Morgan fingerprint density at radius 1 is 1.13 bits per heavy atom. The number of thioether (sulfide) groups is 1. The van der Waals surface area contributed by atoms with Gasteiger partial charge in [-0.15, -0.1) is 0 Å². The van der Waals surface area contributed by atoms with E-state index in [9.17, 15) is 0 Å². The van der Waals surface area contributed by atoms with Gasteiger partial charge in [-0.05, 0) is 39.7 Å². The highest BCUT2D eigenvalue weighted by Crippen LogP contribution is 2.39. The minimum atomic E-state index is 0.718. The number of benzene rings is 2. The highest BCUT2D eigenvalue weighted by atomic mass is 79.9. The standard InChI is InChI=1S/C17H17BrN2O2S/c1-20-13-7-5-4-6-12(13)19-17(20)23-10-11-8-9-14(21-2)16(22-3)15(11)18/h4-9H,10H2,1-3H3. The molecule has 1 heterocycles. The van der Waals surface area contributed by atoms with Crippen LogP contribution in [0.25, 0.3) is 11.0 Å². The van der Waals surface area contributed by atoms with Crippen LogP contribution in [0.15, 0.2) is 46.0 Å². The Bertz CT molecular complexity index is 848. The van der Waals surface area contributed by atoms with Crippen molar-refractivity contribution < 1.29 is 9.47 Å². The third kappa shape index (κ3) is 3.05. The van der Waals surface area contributed by atoms with Crippen molar-refractivity contribution in [3.63, 3.8) is 0 Å². The number of imidazole rings is 1. The second kappa shape index (κ2) is 6.84. The smallest absolute Gasteiger partial charge is 0.175 e. The molecular weight excluding hydrogens is 376 g/mol. The number of hydrogen-bond donors (Lipinski definition) is 0. The maximum absolute atomic E-state index is 5.43. The Balaban J connectivity index is 1.86. The van der Waals surface area contributed by atoms with Crippen molar-refractivity contribution in [2.24, 2.45) is 7.05 Å². The molecule has 0 unspecified atom stereocenters. The topological polar surface area (TPSA) is 36.3 Å². The molecule has 0 N–H and O–H groups in total. The molecule has 0 fully saturated rings. The molecule has 0 amide bonds. The predicted molar refractivity (Wildman–Crippen MR) is 97.5 cm³/mol. The molecule has 1 aromatic heterocycles. The molecule has 2 aromatic carbocycles. The fourth-order valence-corrected chi connectivity index (χ4v) is 4.23. The Morgan fingerprint density at radius 2 is 1.91 bits per heavy atom. The van der Waals surface area contributed by atoms with Crippen molar-refractivity contribution in [2.45, 2.75) is 10.9 Å². The molecule has 4 nitrogen and oxygen atoms in total. The number of rotatable bonds is 5. The molecule has 0 radical (unpaired) electrons. The van der Waals surface area contributed by atoms with Crippen molar-refractivity contribution >= 4 is 38.7 Å². The lowest BCUT2D eigenvalue weighted by Crippen LogP contribution is -1.95.